The highest BCUT2D eigenvalue weighted by atomic mass is 19.1. The van der Waals surface area contributed by atoms with Crippen molar-refractivity contribution < 1.29 is 9.18 Å². The highest BCUT2D eigenvalue weighted by molar-refractivity contribution is 5.83. The molecular formula is C18H26FN3O. The van der Waals surface area contributed by atoms with Crippen molar-refractivity contribution in [3.8, 4) is 0 Å². The van der Waals surface area contributed by atoms with Crippen LogP contribution < -0.4 is 5.32 Å². The van der Waals surface area contributed by atoms with Crippen LogP contribution in [0, 0.1) is 11.7 Å². The average Bonchev–Trinajstić information content (AvgIpc) is 2.59. The zero-order chi connectivity index (χ0) is 16.2. The second kappa shape index (κ2) is 7.41. The number of rotatable bonds is 3. The number of benzene rings is 1. The third-order valence-electron chi connectivity index (χ3n) is 5.03. The van der Waals surface area contributed by atoms with Gasteiger partial charge in [-0.15, -0.1) is 0 Å². The Hall–Kier alpha value is -1.46. The Balaban J connectivity index is 1.83. The van der Waals surface area contributed by atoms with Crippen molar-refractivity contribution >= 4 is 5.91 Å². The molecule has 1 aromatic rings. The fourth-order valence-electron chi connectivity index (χ4n) is 3.50. The smallest absolute Gasteiger partial charge is 0.244 e. The van der Waals surface area contributed by atoms with Crippen molar-refractivity contribution in [2.24, 2.45) is 5.92 Å². The highest BCUT2D eigenvalue weighted by Crippen LogP contribution is 2.28. The van der Waals surface area contributed by atoms with E-state index in [0.717, 1.165) is 63.6 Å². The molecule has 1 atom stereocenters. The van der Waals surface area contributed by atoms with E-state index in [1.807, 2.05) is 4.90 Å². The van der Waals surface area contributed by atoms with Gasteiger partial charge in [-0.1, -0.05) is 19.1 Å². The van der Waals surface area contributed by atoms with Crippen LogP contribution in [0.15, 0.2) is 24.3 Å². The molecule has 0 saturated carbocycles. The predicted molar refractivity (Wildman–Crippen MR) is 88.6 cm³/mol. The molecule has 0 bridgehead atoms. The first-order chi connectivity index (χ1) is 11.1. The monoisotopic (exact) mass is 319 g/mol. The predicted octanol–water partition coefficient (Wildman–Crippen LogP) is 2.03. The Kier molecular flexibility index (Phi) is 5.28. The van der Waals surface area contributed by atoms with Gasteiger partial charge < -0.3 is 10.2 Å². The lowest BCUT2D eigenvalue weighted by Gasteiger charge is -2.39. The largest absolute Gasteiger partial charge is 0.338 e. The van der Waals surface area contributed by atoms with E-state index < -0.39 is 0 Å². The molecule has 3 rings (SSSR count). The maximum absolute atomic E-state index is 13.3. The molecule has 1 aromatic carbocycles. The topological polar surface area (TPSA) is 35.6 Å². The molecule has 2 saturated heterocycles. The molecule has 1 amide bonds. The summed E-state index contributed by atoms with van der Waals surface area (Å²) in [5.74, 6) is 0.622. The fourth-order valence-corrected chi connectivity index (χ4v) is 3.50. The molecule has 1 N–H and O–H groups in total. The van der Waals surface area contributed by atoms with Crippen LogP contribution >= 0.6 is 0 Å². The molecule has 23 heavy (non-hydrogen) atoms. The van der Waals surface area contributed by atoms with Crippen molar-refractivity contribution in [1.29, 1.82) is 0 Å². The average molecular weight is 319 g/mol. The van der Waals surface area contributed by atoms with E-state index in [4.69, 9.17) is 0 Å². The Labute approximate surface area is 137 Å². The van der Waals surface area contributed by atoms with Crippen LogP contribution in [0.4, 0.5) is 4.39 Å². The summed E-state index contributed by atoms with van der Waals surface area (Å²) >= 11 is 0. The van der Waals surface area contributed by atoms with E-state index in [0.29, 0.717) is 0 Å². The van der Waals surface area contributed by atoms with E-state index in [-0.39, 0.29) is 17.8 Å². The van der Waals surface area contributed by atoms with Gasteiger partial charge in [0.05, 0.1) is 0 Å². The van der Waals surface area contributed by atoms with Crippen molar-refractivity contribution in [2.75, 3.05) is 39.3 Å². The number of hydrogen-bond acceptors (Lipinski definition) is 3. The van der Waals surface area contributed by atoms with Crippen molar-refractivity contribution in [3.05, 3.63) is 35.6 Å². The first-order valence-electron chi connectivity index (χ1n) is 8.64. The normalized spacial score (nSPS) is 22.1. The van der Waals surface area contributed by atoms with Gasteiger partial charge in [-0.05, 0) is 49.5 Å². The molecule has 2 fully saturated rings. The standard InChI is InChI=1S/C18H26FN3O/c1-14-6-10-21(11-7-14)17(15-2-4-16(19)5-3-15)18(23)22-12-8-20-9-13-22/h2-5,14,17,20H,6-13H2,1H3. The van der Waals surface area contributed by atoms with Gasteiger partial charge in [0.1, 0.15) is 11.9 Å². The second-order valence-electron chi connectivity index (χ2n) is 6.75. The molecule has 0 spiro atoms. The Morgan fingerprint density at radius 3 is 2.35 bits per heavy atom. The zero-order valence-corrected chi connectivity index (χ0v) is 13.8. The van der Waals surface area contributed by atoms with Gasteiger partial charge in [-0.2, -0.15) is 0 Å². The quantitative estimate of drug-likeness (QED) is 0.926. The minimum atomic E-state index is -0.277. The fraction of sp³-hybridized carbons (Fsp3) is 0.611. The molecule has 126 valence electrons. The lowest BCUT2D eigenvalue weighted by Crippen LogP contribution is -2.51. The number of carbonyl (C=O) groups excluding carboxylic acids is 1. The molecule has 2 aliphatic rings. The van der Waals surface area contributed by atoms with Gasteiger partial charge in [0.25, 0.3) is 0 Å². The van der Waals surface area contributed by atoms with Gasteiger partial charge in [-0.25, -0.2) is 4.39 Å². The summed E-state index contributed by atoms with van der Waals surface area (Å²) in [6.45, 7) is 7.32. The number of amides is 1. The molecule has 2 heterocycles. The first kappa shape index (κ1) is 16.4. The number of piperazine rings is 1. The summed E-state index contributed by atoms with van der Waals surface area (Å²) in [5.41, 5.74) is 0.907. The van der Waals surface area contributed by atoms with Gasteiger partial charge in [0.2, 0.25) is 5.91 Å². The van der Waals surface area contributed by atoms with Crippen LogP contribution in [0.2, 0.25) is 0 Å². The molecule has 4 nitrogen and oxygen atoms in total. The number of nitrogens with zero attached hydrogens (tertiary/aromatic N) is 2. The summed E-state index contributed by atoms with van der Waals surface area (Å²) < 4.78 is 13.3. The van der Waals surface area contributed by atoms with E-state index in [2.05, 4.69) is 17.1 Å². The van der Waals surface area contributed by atoms with Gasteiger partial charge in [0, 0.05) is 26.2 Å². The summed E-state index contributed by atoms with van der Waals surface area (Å²) in [7, 11) is 0. The molecule has 0 aromatic heterocycles. The zero-order valence-electron chi connectivity index (χ0n) is 13.8. The molecule has 0 radical (unpaired) electrons. The second-order valence-corrected chi connectivity index (χ2v) is 6.75. The van der Waals surface area contributed by atoms with Crippen LogP contribution in [-0.2, 0) is 4.79 Å². The lowest BCUT2D eigenvalue weighted by atomic mass is 9.95. The minimum Gasteiger partial charge on any atom is -0.338 e. The van der Waals surface area contributed by atoms with Crippen LogP contribution in [0.25, 0.3) is 0 Å². The van der Waals surface area contributed by atoms with Crippen LogP contribution in [0.3, 0.4) is 0 Å². The number of piperidine rings is 1. The van der Waals surface area contributed by atoms with E-state index >= 15 is 0 Å². The lowest BCUT2D eigenvalue weighted by molar-refractivity contribution is -0.138. The van der Waals surface area contributed by atoms with Crippen LogP contribution in [0.1, 0.15) is 31.4 Å². The summed E-state index contributed by atoms with van der Waals surface area (Å²) in [5, 5.41) is 3.28. The molecule has 2 aliphatic heterocycles. The van der Waals surface area contributed by atoms with Gasteiger partial charge in [-0.3, -0.25) is 9.69 Å². The Morgan fingerprint density at radius 2 is 1.74 bits per heavy atom. The van der Waals surface area contributed by atoms with Crippen molar-refractivity contribution in [1.82, 2.24) is 15.1 Å². The first-order valence-corrected chi connectivity index (χ1v) is 8.64. The Morgan fingerprint density at radius 1 is 1.13 bits per heavy atom. The highest BCUT2D eigenvalue weighted by Gasteiger charge is 2.33. The summed E-state index contributed by atoms with van der Waals surface area (Å²) in [6.07, 6.45) is 2.24. The maximum atomic E-state index is 13.3. The van der Waals surface area contributed by atoms with Crippen molar-refractivity contribution in [3.63, 3.8) is 0 Å². The van der Waals surface area contributed by atoms with Crippen LogP contribution in [0.5, 0.6) is 0 Å². The Bertz CT molecular complexity index is 520. The summed E-state index contributed by atoms with van der Waals surface area (Å²) in [4.78, 5) is 17.3. The summed E-state index contributed by atoms with van der Waals surface area (Å²) in [6, 6.07) is 6.16. The number of likely N-dealkylation sites (tertiary alicyclic amines) is 1. The maximum Gasteiger partial charge on any atom is 0.244 e. The number of nitrogens with one attached hydrogen (secondary N) is 1. The molecular weight excluding hydrogens is 293 g/mol. The van der Waals surface area contributed by atoms with Gasteiger partial charge in [0.15, 0.2) is 0 Å². The third-order valence-corrected chi connectivity index (χ3v) is 5.03. The SMILES string of the molecule is CC1CCN(C(C(=O)N2CCNCC2)c2ccc(F)cc2)CC1. The third kappa shape index (κ3) is 3.90. The minimum absolute atomic E-state index is 0.160. The van der Waals surface area contributed by atoms with E-state index in [1.54, 1.807) is 12.1 Å². The number of hydrogen-bond donors (Lipinski definition) is 1. The van der Waals surface area contributed by atoms with Crippen LogP contribution in [-0.4, -0.2) is 55.0 Å². The van der Waals surface area contributed by atoms with Gasteiger partial charge >= 0.3 is 0 Å². The molecule has 1 unspecified atom stereocenters. The van der Waals surface area contributed by atoms with Crippen molar-refractivity contribution in [2.45, 2.75) is 25.8 Å². The number of halogens is 1. The van der Waals surface area contributed by atoms with E-state index in [9.17, 15) is 9.18 Å². The molecule has 0 aliphatic carbocycles. The van der Waals surface area contributed by atoms with E-state index in [1.165, 1.54) is 12.1 Å². The number of carbonyl (C=O) groups is 1. The molecule has 5 heteroatoms.